The van der Waals surface area contributed by atoms with Crippen LogP contribution >= 0.6 is 0 Å². The van der Waals surface area contributed by atoms with Gasteiger partial charge in [-0.3, -0.25) is 19.1 Å². The molecular formula is C12H18N2O7. The molecule has 1 saturated heterocycles. The van der Waals surface area contributed by atoms with Crippen molar-refractivity contribution < 1.29 is 24.9 Å². The Morgan fingerprint density at radius 3 is 2.57 bits per heavy atom. The lowest BCUT2D eigenvalue weighted by molar-refractivity contribution is -0.134. The molecule has 1 aliphatic rings. The van der Waals surface area contributed by atoms with Crippen molar-refractivity contribution in [2.45, 2.75) is 38.7 Å². The average molecular weight is 302 g/mol. The van der Waals surface area contributed by atoms with Crippen LogP contribution in [0.3, 0.4) is 0 Å². The van der Waals surface area contributed by atoms with Crippen molar-refractivity contribution in [2.75, 3.05) is 6.61 Å². The third-order valence-corrected chi connectivity index (χ3v) is 2.84. The molecule has 2 rings (SSSR count). The normalized spacial score (nSPS) is 24.3. The zero-order chi connectivity index (χ0) is 16.2. The van der Waals surface area contributed by atoms with E-state index in [0.29, 0.717) is 5.56 Å². The fraction of sp³-hybridized carbons (Fsp3) is 0.583. The number of H-pyrrole nitrogens is 1. The molecule has 0 aliphatic carbocycles. The molecule has 0 amide bonds. The molecule has 0 radical (unpaired) electrons. The van der Waals surface area contributed by atoms with Gasteiger partial charge in [-0.2, -0.15) is 0 Å². The first-order chi connectivity index (χ1) is 9.76. The Kier molecular flexibility index (Phi) is 5.82. The maximum Gasteiger partial charge on any atom is 0.330 e. The van der Waals surface area contributed by atoms with Gasteiger partial charge in [-0.15, -0.1) is 0 Å². The summed E-state index contributed by atoms with van der Waals surface area (Å²) in [6, 6.07) is 0. The molecule has 0 bridgehead atoms. The number of nitrogens with one attached hydrogen (secondary N) is 1. The van der Waals surface area contributed by atoms with Gasteiger partial charge in [0.15, 0.2) is 0 Å². The number of rotatable bonds is 2. The number of aryl methyl sites for hydroxylation is 1. The van der Waals surface area contributed by atoms with Crippen molar-refractivity contribution >= 4 is 5.97 Å². The molecule has 1 fully saturated rings. The zero-order valence-corrected chi connectivity index (χ0v) is 11.6. The van der Waals surface area contributed by atoms with Crippen LogP contribution in [0.1, 0.15) is 25.1 Å². The molecular weight excluding hydrogens is 284 g/mol. The lowest BCUT2D eigenvalue weighted by atomic mass is 10.2. The molecule has 1 aromatic rings. The molecule has 2 heterocycles. The highest BCUT2D eigenvalue weighted by Crippen LogP contribution is 2.27. The Bertz CT molecular complexity index is 602. The number of aliphatic hydroxyl groups is 2. The minimum Gasteiger partial charge on any atom is -0.481 e. The van der Waals surface area contributed by atoms with E-state index in [9.17, 15) is 14.7 Å². The smallest absolute Gasteiger partial charge is 0.330 e. The SMILES string of the molecule is CC(=O)O.Cc1cn([C@H]2C[C@H](O)[C@@H](CO)O2)c(=O)[nH]c1=O. The monoisotopic (exact) mass is 302 g/mol. The van der Waals surface area contributed by atoms with E-state index >= 15 is 0 Å². The highest BCUT2D eigenvalue weighted by molar-refractivity contribution is 5.62. The molecule has 9 nitrogen and oxygen atoms in total. The number of aromatic amines is 1. The summed E-state index contributed by atoms with van der Waals surface area (Å²) in [6.07, 6.45) is -0.581. The molecule has 1 aliphatic heterocycles. The highest BCUT2D eigenvalue weighted by atomic mass is 16.5. The number of hydrogen-bond donors (Lipinski definition) is 4. The van der Waals surface area contributed by atoms with Gasteiger partial charge in [-0.05, 0) is 6.92 Å². The quantitative estimate of drug-likeness (QED) is 0.525. The molecule has 118 valence electrons. The molecule has 0 spiro atoms. The first kappa shape index (κ1) is 17.1. The predicted molar refractivity (Wildman–Crippen MR) is 71.0 cm³/mol. The fourth-order valence-corrected chi connectivity index (χ4v) is 1.85. The van der Waals surface area contributed by atoms with E-state index in [2.05, 4.69) is 4.98 Å². The summed E-state index contributed by atoms with van der Waals surface area (Å²) in [4.78, 5) is 33.9. The fourth-order valence-electron chi connectivity index (χ4n) is 1.85. The molecule has 21 heavy (non-hydrogen) atoms. The van der Waals surface area contributed by atoms with Crippen LogP contribution in [0.15, 0.2) is 15.8 Å². The van der Waals surface area contributed by atoms with Crippen molar-refractivity contribution in [1.29, 1.82) is 0 Å². The number of aliphatic hydroxyl groups excluding tert-OH is 2. The number of aromatic nitrogens is 2. The van der Waals surface area contributed by atoms with Gasteiger partial charge < -0.3 is 20.1 Å². The summed E-state index contributed by atoms with van der Waals surface area (Å²) >= 11 is 0. The summed E-state index contributed by atoms with van der Waals surface area (Å²) in [5.74, 6) is -0.833. The minimum atomic E-state index is -0.833. The molecule has 9 heteroatoms. The van der Waals surface area contributed by atoms with Crippen molar-refractivity contribution in [3.63, 3.8) is 0 Å². The van der Waals surface area contributed by atoms with Crippen LogP contribution in [0.5, 0.6) is 0 Å². The number of hydrogen-bond acceptors (Lipinski definition) is 6. The standard InChI is InChI=1S/C10H14N2O5.C2H4O2/c1-5-3-12(10(16)11-9(5)15)8-2-6(14)7(4-13)17-8;1-2(3)4/h3,6-8,13-14H,2,4H2,1H3,(H,11,15,16);1H3,(H,3,4)/t6-,7+,8+;/m0./s1. The Morgan fingerprint density at radius 1 is 1.52 bits per heavy atom. The van der Waals surface area contributed by atoms with Gasteiger partial charge in [0.2, 0.25) is 0 Å². The van der Waals surface area contributed by atoms with Crippen molar-refractivity contribution in [3.8, 4) is 0 Å². The van der Waals surface area contributed by atoms with Crippen LogP contribution in [0, 0.1) is 6.92 Å². The maximum absolute atomic E-state index is 11.6. The van der Waals surface area contributed by atoms with Crippen LogP contribution in [0.4, 0.5) is 0 Å². The second-order valence-electron chi connectivity index (χ2n) is 4.61. The maximum atomic E-state index is 11.6. The second-order valence-corrected chi connectivity index (χ2v) is 4.61. The van der Waals surface area contributed by atoms with Gasteiger partial charge in [0.25, 0.3) is 11.5 Å². The Hall–Kier alpha value is -1.97. The van der Waals surface area contributed by atoms with Crippen LogP contribution in [-0.2, 0) is 9.53 Å². The van der Waals surface area contributed by atoms with Gasteiger partial charge in [0, 0.05) is 25.1 Å². The topological polar surface area (TPSA) is 142 Å². The number of aliphatic carboxylic acids is 1. The van der Waals surface area contributed by atoms with Gasteiger partial charge in [0.1, 0.15) is 12.3 Å². The zero-order valence-electron chi connectivity index (χ0n) is 11.6. The lowest BCUT2D eigenvalue weighted by Gasteiger charge is -2.14. The summed E-state index contributed by atoms with van der Waals surface area (Å²) in [6.45, 7) is 2.35. The van der Waals surface area contributed by atoms with E-state index < -0.39 is 35.7 Å². The number of carboxylic acids is 1. The van der Waals surface area contributed by atoms with Gasteiger partial charge in [-0.1, -0.05) is 0 Å². The summed E-state index contributed by atoms with van der Waals surface area (Å²) in [5.41, 5.74) is -0.643. The molecule has 3 atom stereocenters. The van der Waals surface area contributed by atoms with Crippen molar-refractivity contribution in [3.05, 3.63) is 32.6 Å². The van der Waals surface area contributed by atoms with Crippen molar-refractivity contribution in [2.24, 2.45) is 0 Å². The highest BCUT2D eigenvalue weighted by Gasteiger charge is 2.34. The van der Waals surface area contributed by atoms with E-state index in [1.807, 2.05) is 0 Å². The van der Waals surface area contributed by atoms with Crippen LogP contribution < -0.4 is 11.2 Å². The third kappa shape index (κ3) is 4.52. The van der Waals surface area contributed by atoms with E-state index in [1.165, 1.54) is 10.8 Å². The number of carbonyl (C=O) groups is 1. The number of ether oxygens (including phenoxy) is 1. The van der Waals surface area contributed by atoms with E-state index in [-0.39, 0.29) is 13.0 Å². The number of carboxylic acid groups (broad SMARTS) is 1. The van der Waals surface area contributed by atoms with Crippen LogP contribution in [0.25, 0.3) is 0 Å². The third-order valence-electron chi connectivity index (χ3n) is 2.84. The van der Waals surface area contributed by atoms with E-state index in [1.54, 1.807) is 6.92 Å². The molecule has 1 aromatic heterocycles. The first-order valence-electron chi connectivity index (χ1n) is 6.22. The van der Waals surface area contributed by atoms with Gasteiger partial charge >= 0.3 is 5.69 Å². The Labute approximate surface area is 119 Å². The largest absolute Gasteiger partial charge is 0.481 e. The molecule has 0 unspecified atom stereocenters. The van der Waals surface area contributed by atoms with Gasteiger partial charge in [0.05, 0.1) is 12.7 Å². The summed E-state index contributed by atoms with van der Waals surface area (Å²) < 4.78 is 6.54. The second kappa shape index (κ2) is 7.16. The van der Waals surface area contributed by atoms with Crippen LogP contribution in [-0.4, -0.2) is 49.7 Å². The summed E-state index contributed by atoms with van der Waals surface area (Å²) in [5, 5.41) is 25.9. The molecule has 0 aromatic carbocycles. The van der Waals surface area contributed by atoms with Crippen molar-refractivity contribution in [1.82, 2.24) is 9.55 Å². The van der Waals surface area contributed by atoms with Crippen LogP contribution in [0.2, 0.25) is 0 Å². The van der Waals surface area contributed by atoms with Gasteiger partial charge in [-0.25, -0.2) is 4.79 Å². The van der Waals surface area contributed by atoms with E-state index in [4.69, 9.17) is 19.7 Å². The molecule has 4 N–H and O–H groups in total. The predicted octanol–water partition coefficient (Wildman–Crippen LogP) is -1.42. The lowest BCUT2D eigenvalue weighted by Crippen LogP contribution is -2.33. The van der Waals surface area contributed by atoms with E-state index in [0.717, 1.165) is 6.92 Å². The Morgan fingerprint density at radius 2 is 2.10 bits per heavy atom. The summed E-state index contributed by atoms with van der Waals surface area (Å²) in [7, 11) is 0. The molecule has 0 saturated carbocycles. The Balaban J connectivity index is 0.000000491. The first-order valence-corrected chi connectivity index (χ1v) is 6.22. The minimum absolute atomic E-state index is 0.205. The number of nitrogens with zero attached hydrogens (tertiary/aromatic N) is 1. The average Bonchev–Trinajstić information content (AvgIpc) is 2.74.